The molecule has 0 fully saturated rings. The quantitative estimate of drug-likeness (QED) is 0.240. The molecule has 0 aliphatic heterocycles. The van der Waals surface area contributed by atoms with Crippen LogP contribution in [0, 0.1) is 0 Å². The van der Waals surface area contributed by atoms with Crippen LogP contribution in [0.4, 0.5) is 18.9 Å². The molecule has 2 aromatic carbocycles. The third-order valence-corrected chi connectivity index (χ3v) is 3.79. The number of anilines is 1. The van der Waals surface area contributed by atoms with Crippen LogP contribution in [0.5, 0.6) is 0 Å². The van der Waals surface area contributed by atoms with Crippen LogP contribution in [-0.2, 0) is 12.6 Å². The lowest BCUT2D eigenvalue weighted by Crippen LogP contribution is -2.28. The first kappa shape index (κ1) is 23.7. The summed E-state index contributed by atoms with van der Waals surface area (Å²) >= 11 is 0. The molecule has 0 aliphatic rings. The summed E-state index contributed by atoms with van der Waals surface area (Å²) in [5, 5.41) is 5.52. The van der Waals surface area contributed by atoms with E-state index in [1.807, 2.05) is 24.3 Å². The molecule has 152 valence electrons. The molecule has 0 saturated heterocycles. The molecule has 0 saturated carbocycles. The Balaban J connectivity index is 0.00000392. The van der Waals surface area contributed by atoms with Crippen LogP contribution in [-0.4, -0.2) is 25.0 Å². The van der Waals surface area contributed by atoms with E-state index >= 15 is 0 Å². The minimum atomic E-state index is -4.43. The zero-order valence-corrected chi connectivity index (χ0v) is 17.5. The van der Waals surface area contributed by atoms with Crippen LogP contribution in [0.25, 0.3) is 0 Å². The number of benzene rings is 2. The zero-order valence-electron chi connectivity index (χ0n) is 15.2. The van der Waals surface area contributed by atoms with Gasteiger partial charge in [0.25, 0.3) is 5.91 Å². The van der Waals surface area contributed by atoms with Crippen molar-refractivity contribution in [1.82, 2.24) is 5.32 Å². The van der Waals surface area contributed by atoms with E-state index in [0.29, 0.717) is 0 Å². The number of carbonyl (C=O) groups excluding carboxylic acids is 1. The van der Waals surface area contributed by atoms with Gasteiger partial charge in [-0.3, -0.25) is 9.79 Å². The van der Waals surface area contributed by atoms with Gasteiger partial charge in [-0.2, -0.15) is 13.2 Å². The molecular formula is C19H22F3IN4O. The fraction of sp³-hybridized carbons (Fsp3) is 0.263. The number of rotatable bonds is 6. The van der Waals surface area contributed by atoms with Crippen LogP contribution in [0.2, 0.25) is 0 Å². The molecule has 2 rings (SSSR count). The highest BCUT2D eigenvalue weighted by atomic mass is 127. The summed E-state index contributed by atoms with van der Waals surface area (Å²) < 4.78 is 37.5. The Morgan fingerprint density at radius 2 is 1.68 bits per heavy atom. The standard InChI is InChI=1S/C19H21F3N4O.HI/c1-2-13-3-9-16(10-4-13)26-18(23)25-12-11-24-17(27)14-5-7-15(8-6-14)19(20,21)22;/h3-10H,2,11-12H2,1H3,(H,24,27)(H3,23,25,26);1H. The average molecular weight is 506 g/mol. The summed E-state index contributed by atoms with van der Waals surface area (Å²) in [5.41, 5.74) is 7.15. The first-order valence-electron chi connectivity index (χ1n) is 8.41. The monoisotopic (exact) mass is 506 g/mol. The summed E-state index contributed by atoms with van der Waals surface area (Å²) in [4.78, 5) is 16.0. The number of nitrogens with one attached hydrogen (secondary N) is 2. The fourth-order valence-corrected chi connectivity index (χ4v) is 2.27. The van der Waals surface area contributed by atoms with Gasteiger partial charge in [0.1, 0.15) is 0 Å². The second kappa shape index (κ2) is 10.9. The lowest BCUT2D eigenvalue weighted by molar-refractivity contribution is -0.137. The number of hydrogen-bond donors (Lipinski definition) is 3. The summed E-state index contributed by atoms with van der Waals surface area (Å²) in [6, 6.07) is 11.8. The first-order chi connectivity index (χ1) is 12.8. The molecule has 0 bridgehead atoms. The molecule has 0 aliphatic carbocycles. The minimum Gasteiger partial charge on any atom is -0.370 e. The largest absolute Gasteiger partial charge is 0.416 e. The van der Waals surface area contributed by atoms with Crippen LogP contribution in [0.3, 0.4) is 0 Å². The number of guanidine groups is 1. The van der Waals surface area contributed by atoms with E-state index in [-0.39, 0.29) is 48.6 Å². The van der Waals surface area contributed by atoms with Gasteiger partial charge in [0.05, 0.1) is 12.1 Å². The average Bonchev–Trinajstić information content (AvgIpc) is 2.65. The predicted octanol–water partition coefficient (Wildman–Crippen LogP) is 4.04. The number of halogens is 4. The Kier molecular flexibility index (Phi) is 9.23. The Morgan fingerprint density at radius 1 is 1.07 bits per heavy atom. The summed E-state index contributed by atoms with van der Waals surface area (Å²) in [7, 11) is 0. The van der Waals surface area contributed by atoms with Crippen molar-refractivity contribution in [1.29, 1.82) is 0 Å². The predicted molar refractivity (Wildman–Crippen MR) is 115 cm³/mol. The van der Waals surface area contributed by atoms with Gasteiger partial charge in [0.15, 0.2) is 5.96 Å². The maximum Gasteiger partial charge on any atom is 0.416 e. The number of nitrogens with zero attached hydrogens (tertiary/aromatic N) is 1. The van der Waals surface area contributed by atoms with Gasteiger partial charge in [-0.15, -0.1) is 24.0 Å². The number of hydrogen-bond acceptors (Lipinski definition) is 2. The first-order valence-corrected chi connectivity index (χ1v) is 8.41. The second-order valence-corrected chi connectivity index (χ2v) is 5.77. The van der Waals surface area contributed by atoms with E-state index in [0.717, 1.165) is 36.4 Å². The Morgan fingerprint density at radius 3 is 2.21 bits per heavy atom. The maximum atomic E-state index is 12.5. The van der Waals surface area contributed by atoms with Crippen molar-refractivity contribution in [2.75, 3.05) is 18.4 Å². The van der Waals surface area contributed by atoms with E-state index in [1.54, 1.807) is 0 Å². The van der Waals surface area contributed by atoms with Crippen LogP contribution < -0.4 is 16.4 Å². The molecule has 4 N–H and O–H groups in total. The molecule has 0 unspecified atom stereocenters. The Hall–Kier alpha value is -2.30. The van der Waals surface area contributed by atoms with E-state index < -0.39 is 17.6 Å². The van der Waals surface area contributed by atoms with Crippen molar-refractivity contribution in [2.24, 2.45) is 10.7 Å². The maximum absolute atomic E-state index is 12.5. The molecule has 2 aromatic rings. The van der Waals surface area contributed by atoms with Crippen LogP contribution in [0.1, 0.15) is 28.4 Å². The molecule has 1 amide bonds. The lowest BCUT2D eigenvalue weighted by Gasteiger charge is -2.08. The van der Waals surface area contributed by atoms with Crippen molar-refractivity contribution in [3.05, 3.63) is 65.2 Å². The SMILES string of the molecule is CCc1ccc(NC(N)=NCCNC(=O)c2ccc(C(F)(F)F)cc2)cc1.I. The fourth-order valence-electron chi connectivity index (χ4n) is 2.27. The normalized spacial score (nSPS) is 11.5. The van der Waals surface area contributed by atoms with Gasteiger partial charge >= 0.3 is 6.18 Å². The van der Waals surface area contributed by atoms with Gasteiger partial charge in [0.2, 0.25) is 0 Å². The second-order valence-electron chi connectivity index (χ2n) is 5.77. The highest BCUT2D eigenvalue weighted by Gasteiger charge is 2.30. The summed E-state index contributed by atoms with van der Waals surface area (Å²) in [5.74, 6) is -0.261. The lowest BCUT2D eigenvalue weighted by atomic mass is 10.1. The number of amides is 1. The topological polar surface area (TPSA) is 79.5 Å². The molecule has 0 atom stereocenters. The third-order valence-electron chi connectivity index (χ3n) is 3.79. The van der Waals surface area contributed by atoms with Gasteiger partial charge in [-0.05, 0) is 48.4 Å². The molecule has 28 heavy (non-hydrogen) atoms. The van der Waals surface area contributed by atoms with Crippen molar-refractivity contribution < 1.29 is 18.0 Å². The number of aliphatic imine (C=N–C) groups is 1. The molecule has 0 radical (unpaired) electrons. The number of alkyl halides is 3. The van der Waals surface area contributed by atoms with Crippen LogP contribution >= 0.6 is 24.0 Å². The Labute approximate surface area is 178 Å². The number of aryl methyl sites for hydroxylation is 1. The highest BCUT2D eigenvalue weighted by molar-refractivity contribution is 14.0. The van der Waals surface area contributed by atoms with Crippen LogP contribution in [0.15, 0.2) is 53.5 Å². The molecule has 9 heteroatoms. The van der Waals surface area contributed by atoms with Gasteiger partial charge in [-0.1, -0.05) is 19.1 Å². The van der Waals surface area contributed by atoms with Gasteiger partial charge < -0.3 is 16.4 Å². The molecular weight excluding hydrogens is 484 g/mol. The third kappa shape index (κ3) is 7.37. The van der Waals surface area contributed by atoms with E-state index in [1.165, 1.54) is 5.56 Å². The number of carbonyl (C=O) groups is 1. The van der Waals surface area contributed by atoms with Crippen molar-refractivity contribution in [3.63, 3.8) is 0 Å². The summed E-state index contributed by atoms with van der Waals surface area (Å²) in [6.07, 6.45) is -3.48. The molecule has 0 heterocycles. The highest BCUT2D eigenvalue weighted by Crippen LogP contribution is 2.29. The minimum absolute atomic E-state index is 0. The smallest absolute Gasteiger partial charge is 0.370 e. The van der Waals surface area contributed by atoms with E-state index in [4.69, 9.17) is 5.73 Å². The Bertz CT molecular complexity index is 790. The molecule has 0 spiro atoms. The molecule has 5 nitrogen and oxygen atoms in total. The summed E-state index contributed by atoms with van der Waals surface area (Å²) in [6.45, 7) is 2.51. The zero-order chi connectivity index (χ0) is 19.9. The van der Waals surface area contributed by atoms with Crippen molar-refractivity contribution in [3.8, 4) is 0 Å². The molecule has 0 aromatic heterocycles. The van der Waals surface area contributed by atoms with E-state index in [2.05, 4.69) is 22.5 Å². The van der Waals surface area contributed by atoms with Gasteiger partial charge in [-0.25, -0.2) is 0 Å². The van der Waals surface area contributed by atoms with Crippen molar-refractivity contribution in [2.45, 2.75) is 19.5 Å². The van der Waals surface area contributed by atoms with Crippen molar-refractivity contribution >= 4 is 41.5 Å². The van der Waals surface area contributed by atoms with Gasteiger partial charge in [0, 0.05) is 17.8 Å². The van der Waals surface area contributed by atoms with E-state index in [9.17, 15) is 18.0 Å². The number of nitrogens with two attached hydrogens (primary N) is 1.